The molecule has 0 aliphatic heterocycles. The molecule has 0 saturated carbocycles. The Morgan fingerprint density at radius 3 is 2.73 bits per heavy atom. The van der Waals surface area contributed by atoms with E-state index in [0.717, 1.165) is 22.0 Å². The fraction of sp³-hybridized carbons (Fsp3) is 0.125. The highest BCUT2D eigenvalue weighted by atomic mass is 79.9. The molecule has 4 aromatic rings. The Hall–Kier alpha value is -3.43. The number of anilines is 1. The van der Waals surface area contributed by atoms with E-state index in [1.54, 1.807) is 30.3 Å². The fourth-order valence-electron chi connectivity index (χ4n) is 3.29. The number of nitrogens with one attached hydrogen (secondary N) is 2. The zero-order chi connectivity index (χ0) is 23.5. The maximum Gasteiger partial charge on any atom is 0.261 e. The lowest BCUT2D eigenvalue weighted by Gasteiger charge is -2.12. The summed E-state index contributed by atoms with van der Waals surface area (Å²) in [5.74, 6) is 0.277. The number of phenolic OH excluding ortho intramolecular Hbond substituents is 1. The summed E-state index contributed by atoms with van der Waals surface area (Å²) in [6, 6.07) is 15.8. The highest BCUT2D eigenvalue weighted by molar-refractivity contribution is 9.10. The maximum absolute atomic E-state index is 12.6. The van der Waals surface area contributed by atoms with Gasteiger partial charge in [0.15, 0.2) is 10.7 Å². The average Bonchev–Trinajstić information content (AvgIpc) is 3.21. The molecule has 0 radical (unpaired) electrons. The molecule has 3 N–H and O–H groups in total. The van der Waals surface area contributed by atoms with Crippen LogP contribution in [0.4, 0.5) is 5.69 Å². The van der Waals surface area contributed by atoms with Crippen molar-refractivity contribution in [1.29, 1.82) is 0 Å². The summed E-state index contributed by atoms with van der Waals surface area (Å²) in [4.78, 5) is 17.1. The van der Waals surface area contributed by atoms with Crippen LogP contribution in [0.5, 0.6) is 11.5 Å². The summed E-state index contributed by atoms with van der Waals surface area (Å²) in [7, 11) is 1.49. The van der Waals surface area contributed by atoms with Gasteiger partial charge in [-0.25, -0.2) is 4.98 Å². The molecule has 0 bridgehead atoms. The van der Waals surface area contributed by atoms with E-state index in [4.69, 9.17) is 21.4 Å². The van der Waals surface area contributed by atoms with Crippen LogP contribution in [-0.2, 0) is 6.42 Å². The Balaban J connectivity index is 1.49. The highest BCUT2D eigenvalue weighted by Gasteiger charge is 2.16. The lowest BCUT2D eigenvalue weighted by molar-refractivity contribution is 0.0974. The van der Waals surface area contributed by atoms with Crippen LogP contribution >= 0.6 is 28.1 Å². The maximum atomic E-state index is 12.6. The number of phenols is 1. The number of rotatable bonds is 5. The molecule has 3 aromatic carbocycles. The van der Waals surface area contributed by atoms with Gasteiger partial charge in [-0.2, -0.15) is 0 Å². The fourth-order valence-corrected chi connectivity index (χ4v) is 3.86. The highest BCUT2D eigenvalue weighted by Crippen LogP contribution is 2.33. The van der Waals surface area contributed by atoms with Crippen molar-refractivity contribution >= 4 is 56.0 Å². The number of aromatic nitrogens is 1. The Labute approximate surface area is 203 Å². The topological polar surface area (TPSA) is 96.6 Å². The van der Waals surface area contributed by atoms with Crippen LogP contribution in [0.15, 0.2) is 63.5 Å². The number of benzene rings is 3. The number of halogens is 1. The second kappa shape index (κ2) is 9.60. The van der Waals surface area contributed by atoms with Gasteiger partial charge in [-0.1, -0.05) is 28.9 Å². The van der Waals surface area contributed by atoms with Gasteiger partial charge in [0.1, 0.15) is 17.0 Å². The molecule has 0 saturated heterocycles. The third-order valence-electron chi connectivity index (χ3n) is 4.98. The monoisotopic (exact) mass is 525 g/mol. The zero-order valence-corrected chi connectivity index (χ0v) is 20.2. The first-order valence-corrected chi connectivity index (χ1v) is 11.3. The molecule has 33 heavy (non-hydrogen) atoms. The second-order valence-electron chi connectivity index (χ2n) is 7.16. The Kier molecular flexibility index (Phi) is 6.62. The number of hydrogen-bond donors (Lipinski definition) is 3. The number of fused-ring (bicyclic) bond motifs is 1. The van der Waals surface area contributed by atoms with E-state index in [1.165, 1.54) is 13.2 Å². The van der Waals surface area contributed by atoms with Crippen molar-refractivity contribution in [2.45, 2.75) is 13.3 Å². The van der Waals surface area contributed by atoms with Gasteiger partial charge in [0.2, 0.25) is 5.89 Å². The van der Waals surface area contributed by atoms with Gasteiger partial charge in [0.25, 0.3) is 5.91 Å². The summed E-state index contributed by atoms with van der Waals surface area (Å²) in [6.45, 7) is 2.07. The first-order valence-electron chi connectivity index (χ1n) is 10.1. The third kappa shape index (κ3) is 4.99. The standard InChI is InChI=1S/C24H20BrN3O4S/c1-3-13-4-8-21-18(10-13)27-23(32-21)16-7-6-15(12-19(16)29)26-24(33)28-22(30)17-11-14(25)5-9-20(17)31-2/h4-12,29H,3H2,1-2H3,(H2,26,28,30,33). The second-order valence-corrected chi connectivity index (χ2v) is 8.48. The number of oxazole rings is 1. The lowest BCUT2D eigenvalue weighted by Crippen LogP contribution is -2.34. The number of nitrogens with zero attached hydrogens (tertiary/aromatic N) is 1. The van der Waals surface area contributed by atoms with Crippen molar-refractivity contribution in [3.63, 3.8) is 0 Å². The largest absolute Gasteiger partial charge is 0.507 e. The SMILES string of the molecule is CCc1ccc2oc(-c3ccc(NC(=S)NC(=O)c4cc(Br)ccc4OC)cc3O)nc2c1. The van der Waals surface area contributed by atoms with Gasteiger partial charge in [-0.3, -0.25) is 10.1 Å². The van der Waals surface area contributed by atoms with Crippen LogP contribution < -0.4 is 15.4 Å². The number of thiocarbonyl (C=S) groups is 1. The van der Waals surface area contributed by atoms with E-state index in [2.05, 4.69) is 38.5 Å². The number of ether oxygens (including phenoxy) is 1. The van der Waals surface area contributed by atoms with Gasteiger partial charge in [-0.05, 0) is 66.7 Å². The molecular formula is C24H20BrN3O4S. The van der Waals surface area contributed by atoms with Crippen LogP contribution in [0, 0.1) is 0 Å². The number of amides is 1. The summed E-state index contributed by atoms with van der Waals surface area (Å²) in [5.41, 5.74) is 3.81. The number of hydrogen-bond acceptors (Lipinski definition) is 6. The molecule has 0 fully saturated rings. The van der Waals surface area contributed by atoms with E-state index in [9.17, 15) is 9.90 Å². The van der Waals surface area contributed by atoms with E-state index < -0.39 is 5.91 Å². The van der Waals surface area contributed by atoms with Crippen LogP contribution in [0.25, 0.3) is 22.6 Å². The van der Waals surface area contributed by atoms with E-state index >= 15 is 0 Å². The van der Waals surface area contributed by atoms with Crippen molar-refractivity contribution in [1.82, 2.24) is 10.3 Å². The first kappa shape index (κ1) is 22.8. The van der Waals surface area contributed by atoms with Crippen molar-refractivity contribution in [2.75, 3.05) is 12.4 Å². The molecule has 168 valence electrons. The minimum absolute atomic E-state index is 0.0370. The Morgan fingerprint density at radius 2 is 2.00 bits per heavy atom. The van der Waals surface area contributed by atoms with E-state index in [0.29, 0.717) is 34.0 Å². The molecule has 9 heteroatoms. The number of methoxy groups -OCH3 is 1. The predicted molar refractivity (Wildman–Crippen MR) is 135 cm³/mol. The van der Waals surface area contributed by atoms with Crippen molar-refractivity contribution in [3.05, 3.63) is 70.2 Å². The first-order chi connectivity index (χ1) is 15.9. The smallest absolute Gasteiger partial charge is 0.261 e. The molecule has 1 amide bonds. The molecule has 0 atom stereocenters. The summed E-state index contributed by atoms with van der Waals surface area (Å²) in [5, 5.41) is 16.1. The number of aromatic hydroxyl groups is 1. The number of aryl methyl sites for hydroxylation is 1. The summed E-state index contributed by atoms with van der Waals surface area (Å²) >= 11 is 8.59. The Morgan fingerprint density at radius 1 is 1.18 bits per heavy atom. The molecule has 0 unspecified atom stereocenters. The molecule has 1 aromatic heterocycles. The number of carbonyl (C=O) groups is 1. The van der Waals surface area contributed by atoms with Crippen molar-refractivity contribution in [2.24, 2.45) is 0 Å². The van der Waals surface area contributed by atoms with Crippen molar-refractivity contribution in [3.8, 4) is 23.0 Å². The molecule has 7 nitrogen and oxygen atoms in total. The van der Waals surface area contributed by atoms with E-state index in [-0.39, 0.29) is 10.9 Å². The molecule has 0 spiro atoms. The van der Waals surface area contributed by atoms with Crippen LogP contribution in [-0.4, -0.2) is 28.2 Å². The quantitative estimate of drug-likeness (QED) is 0.289. The van der Waals surface area contributed by atoms with E-state index in [1.807, 2.05) is 18.2 Å². The van der Waals surface area contributed by atoms with Crippen LogP contribution in [0.1, 0.15) is 22.8 Å². The minimum Gasteiger partial charge on any atom is -0.507 e. The van der Waals surface area contributed by atoms with Gasteiger partial charge in [-0.15, -0.1) is 0 Å². The minimum atomic E-state index is -0.426. The third-order valence-corrected chi connectivity index (χ3v) is 5.68. The zero-order valence-electron chi connectivity index (χ0n) is 17.8. The molecule has 1 heterocycles. The number of carbonyl (C=O) groups excluding carboxylic acids is 1. The molecule has 0 aliphatic carbocycles. The van der Waals surface area contributed by atoms with Gasteiger partial charge in [0.05, 0.1) is 18.2 Å². The molecule has 4 rings (SSSR count). The Bertz CT molecular complexity index is 1370. The normalized spacial score (nSPS) is 10.8. The van der Waals surface area contributed by atoms with Crippen LogP contribution in [0.2, 0.25) is 0 Å². The predicted octanol–water partition coefficient (Wildman–Crippen LogP) is 5.66. The van der Waals surface area contributed by atoms with Gasteiger partial charge < -0.3 is 19.6 Å². The van der Waals surface area contributed by atoms with Crippen molar-refractivity contribution < 1.29 is 19.1 Å². The average molecular weight is 526 g/mol. The molecule has 0 aliphatic rings. The molecular weight excluding hydrogens is 506 g/mol. The summed E-state index contributed by atoms with van der Waals surface area (Å²) in [6.07, 6.45) is 0.897. The summed E-state index contributed by atoms with van der Waals surface area (Å²) < 4.78 is 11.8. The van der Waals surface area contributed by atoms with Gasteiger partial charge >= 0.3 is 0 Å². The lowest BCUT2D eigenvalue weighted by atomic mass is 10.1. The van der Waals surface area contributed by atoms with Crippen LogP contribution in [0.3, 0.4) is 0 Å². The van der Waals surface area contributed by atoms with Gasteiger partial charge in [0, 0.05) is 16.2 Å².